The van der Waals surface area contributed by atoms with E-state index in [-0.39, 0.29) is 0 Å². The van der Waals surface area contributed by atoms with Crippen molar-refractivity contribution in [1.29, 1.82) is 0 Å². The third-order valence-electron chi connectivity index (χ3n) is 4.21. The van der Waals surface area contributed by atoms with Crippen LogP contribution in [0.4, 0.5) is 0 Å². The summed E-state index contributed by atoms with van der Waals surface area (Å²) in [5.74, 6) is 0.956. The molecule has 1 N–H and O–H groups in total. The minimum absolute atomic E-state index is 0.294. The van der Waals surface area contributed by atoms with Crippen LogP contribution in [0, 0.1) is 5.92 Å². The summed E-state index contributed by atoms with van der Waals surface area (Å²) in [5, 5.41) is 3.33. The first-order valence-electron chi connectivity index (χ1n) is 8.28. The Bertz CT molecular complexity index is 297. The summed E-state index contributed by atoms with van der Waals surface area (Å²) < 4.78 is 5.84. The van der Waals surface area contributed by atoms with Crippen LogP contribution in [-0.2, 0) is 9.53 Å². The molecule has 1 heterocycles. The topological polar surface area (TPSA) is 41.6 Å². The highest BCUT2D eigenvalue weighted by Crippen LogP contribution is 2.28. The van der Waals surface area contributed by atoms with E-state index in [1.165, 1.54) is 12.8 Å². The van der Waals surface area contributed by atoms with Crippen molar-refractivity contribution in [1.82, 2.24) is 10.2 Å². The van der Waals surface area contributed by atoms with Gasteiger partial charge in [-0.15, -0.1) is 0 Å². The van der Waals surface area contributed by atoms with Crippen LogP contribution in [0.5, 0.6) is 0 Å². The van der Waals surface area contributed by atoms with Crippen LogP contribution < -0.4 is 5.32 Å². The van der Waals surface area contributed by atoms with Crippen LogP contribution in [0.2, 0.25) is 0 Å². The Balaban J connectivity index is 1.65. The summed E-state index contributed by atoms with van der Waals surface area (Å²) in [5.41, 5.74) is 0. The van der Waals surface area contributed by atoms with E-state index < -0.39 is 0 Å². The van der Waals surface area contributed by atoms with Gasteiger partial charge in [-0.05, 0) is 51.1 Å². The Hall–Kier alpha value is -0.610. The number of hydrogen-bond acceptors (Lipinski definition) is 3. The summed E-state index contributed by atoms with van der Waals surface area (Å²) >= 11 is 0. The second-order valence-electron chi connectivity index (χ2n) is 6.57. The van der Waals surface area contributed by atoms with Gasteiger partial charge < -0.3 is 15.0 Å². The van der Waals surface area contributed by atoms with Gasteiger partial charge >= 0.3 is 0 Å². The molecular formula is C16H30N2O2. The normalized spacial score (nSPS) is 20.4. The van der Waals surface area contributed by atoms with Gasteiger partial charge in [-0.1, -0.05) is 13.8 Å². The smallest absolute Gasteiger partial charge is 0.225 e. The van der Waals surface area contributed by atoms with E-state index in [4.69, 9.17) is 4.74 Å². The van der Waals surface area contributed by atoms with Crippen molar-refractivity contribution in [3.8, 4) is 0 Å². The number of rotatable bonds is 8. The van der Waals surface area contributed by atoms with Gasteiger partial charge in [0.25, 0.3) is 0 Å². The first-order chi connectivity index (χ1) is 9.66. The maximum Gasteiger partial charge on any atom is 0.225 e. The SMILES string of the molecule is CC(C)CCN(C(=O)CCOC1CCNCC1)C1CC1. The van der Waals surface area contributed by atoms with Crippen molar-refractivity contribution in [3.63, 3.8) is 0 Å². The van der Waals surface area contributed by atoms with Crippen LogP contribution in [0.1, 0.15) is 52.4 Å². The van der Waals surface area contributed by atoms with Crippen molar-refractivity contribution >= 4 is 5.91 Å². The third kappa shape index (κ3) is 5.41. The van der Waals surface area contributed by atoms with E-state index in [0.29, 0.717) is 37.0 Å². The van der Waals surface area contributed by atoms with Gasteiger partial charge in [0.05, 0.1) is 19.1 Å². The summed E-state index contributed by atoms with van der Waals surface area (Å²) in [6.07, 6.45) is 6.56. The molecule has 0 spiro atoms. The molecule has 0 radical (unpaired) electrons. The number of hydrogen-bond donors (Lipinski definition) is 1. The van der Waals surface area contributed by atoms with E-state index in [1.807, 2.05) is 0 Å². The molecule has 116 valence electrons. The number of carbonyl (C=O) groups excluding carboxylic acids is 1. The number of piperidine rings is 1. The summed E-state index contributed by atoms with van der Waals surface area (Å²) in [7, 11) is 0. The Kier molecular flexibility index (Phi) is 6.30. The van der Waals surface area contributed by atoms with E-state index in [9.17, 15) is 4.79 Å². The highest BCUT2D eigenvalue weighted by molar-refractivity contribution is 5.77. The fraction of sp³-hybridized carbons (Fsp3) is 0.938. The van der Waals surface area contributed by atoms with E-state index >= 15 is 0 Å². The Morgan fingerprint density at radius 2 is 1.95 bits per heavy atom. The number of ether oxygens (including phenoxy) is 1. The molecule has 1 saturated heterocycles. The molecule has 1 aliphatic heterocycles. The van der Waals surface area contributed by atoms with Gasteiger partial charge in [0.15, 0.2) is 0 Å². The highest BCUT2D eigenvalue weighted by Gasteiger charge is 2.32. The largest absolute Gasteiger partial charge is 0.378 e. The molecule has 1 amide bonds. The van der Waals surface area contributed by atoms with Crippen molar-refractivity contribution in [2.24, 2.45) is 5.92 Å². The lowest BCUT2D eigenvalue weighted by Gasteiger charge is -2.25. The lowest BCUT2D eigenvalue weighted by molar-refractivity contribution is -0.133. The van der Waals surface area contributed by atoms with E-state index in [2.05, 4.69) is 24.1 Å². The number of carbonyl (C=O) groups is 1. The fourth-order valence-electron chi connectivity index (χ4n) is 2.71. The zero-order valence-electron chi connectivity index (χ0n) is 13.1. The predicted octanol–water partition coefficient (Wildman–Crippen LogP) is 2.18. The molecule has 4 heteroatoms. The Labute approximate surface area is 123 Å². The Morgan fingerprint density at radius 3 is 2.55 bits per heavy atom. The zero-order chi connectivity index (χ0) is 14.4. The van der Waals surface area contributed by atoms with Crippen LogP contribution in [-0.4, -0.2) is 49.2 Å². The number of amides is 1. The maximum absolute atomic E-state index is 12.3. The maximum atomic E-state index is 12.3. The Morgan fingerprint density at radius 1 is 1.25 bits per heavy atom. The predicted molar refractivity (Wildman–Crippen MR) is 80.7 cm³/mol. The zero-order valence-corrected chi connectivity index (χ0v) is 13.1. The summed E-state index contributed by atoms with van der Waals surface area (Å²) in [6, 6.07) is 0.528. The van der Waals surface area contributed by atoms with Crippen molar-refractivity contribution in [3.05, 3.63) is 0 Å². The average molecular weight is 282 g/mol. The lowest BCUT2D eigenvalue weighted by atomic mass is 10.1. The quantitative estimate of drug-likeness (QED) is 0.742. The van der Waals surface area contributed by atoms with Crippen LogP contribution in [0.15, 0.2) is 0 Å². The molecular weight excluding hydrogens is 252 g/mol. The molecule has 4 nitrogen and oxygen atoms in total. The molecule has 2 rings (SSSR count). The molecule has 2 aliphatic rings. The molecule has 20 heavy (non-hydrogen) atoms. The number of nitrogens with one attached hydrogen (secondary N) is 1. The minimum atomic E-state index is 0.294. The molecule has 1 aliphatic carbocycles. The first-order valence-corrected chi connectivity index (χ1v) is 8.28. The molecule has 0 aromatic rings. The molecule has 1 saturated carbocycles. The third-order valence-corrected chi connectivity index (χ3v) is 4.21. The van der Waals surface area contributed by atoms with Gasteiger partial charge in [-0.3, -0.25) is 4.79 Å². The molecule has 2 fully saturated rings. The number of nitrogens with zero attached hydrogens (tertiary/aromatic N) is 1. The molecule has 0 aromatic heterocycles. The van der Waals surface area contributed by atoms with Crippen molar-refractivity contribution in [2.45, 2.75) is 64.5 Å². The van der Waals surface area contributed by atoms with E-state index in [0.717, 1.165) is 38.9 Å². The standard InChI is InChI=1S/C16H30N2O2/c1-13(2)7-11-18(14-3-4-14)16(19)8-12-20-15-5-9-17-10-6-15/h13-15,17H,3-12H2,1-2H3. The monoisotopic (exact) mass is 282 g/mol. The summed E-state index contributed by atoms with van der Waals surface area (Å²) in [4.78, 5) is 14.4. The van der Waals surface area contributed by atoms with E-state index in [1.54, 1.807) is 0 Å². The molecule has 0 unspecified atom stereocenters. The average Bonchev–Trinajstić information content (AvgIpc) is 3.24. The van der Waals surface area contributed by atoms with Crippen molar-refractivity contribution < 1.29 is 9.53 Å². The van der Waals surface area contributed by atoms with Crippen LogP contribution in [0.3, 0.4) is 0 Å². The second kappa shape index (κ2) is 7.99. The van der Waals surface area contributed by atoms with Crippen LogP contribution >= 0.6 is 0 Å². The van der Waals surface area contributed by atoms with Gasteiger partial charge in [0.1, 0.15) is 0 Å². The van der Waals surface area contributed by atoms with Crippen molar-refractivity contribution in [2.75, 3.05) is 26.2 Å². The fourth-order valence-corrected chi connectivity index (χ4v) is 2.71. The second-order valence-corrected chi connectivity index (χ2v) is 6.57. The molecule has 0 aromatic carbocycles. The van der Waals surface area contributed by atoms with Gasteiger partial charge in [-0.25, -0.2) is 0 Å². The highest BCUT2D eigenvalue weighted by atomic mass is 16.5. The molecule has 0 atom stereocenters. The van der Waals surface area contributed by atoms with Gasteiger partial charge in [0, 0.05) is 12.6 Å². The first kappa shape index (κ1) is 15.8. The van der Waals surface area contributed by atoms with Crippen LogP contribution in [0.25, 0.3) is 0 Å². The molecule has 0 bridgehead atoms. The summed E-state index contributed by atoms with van der Waals surface area (Å²) in [6.45, 7) is 8.04. The lowest BCUT2D eigenvalue weighted by Crippen LogP contribution is -2.36. The van der Waals surface area contributed by atoms with Gasteiger partial charge in [-0.2, -0.15) is 0 Å². The van der Waals surface area contributed by atoms with Gasteiger partial charge in [0.2, 0.25) is 5.91 Å². The minimum Gasteiger partial charge on any atom is -0.378 e.